The lowest BCUT2D eigenvalue weighted by molar-refractivity contribution is 0.627. The molecule has 0 aromatic heterocycles. The van der Waals surface area contributed by atoms with Crippen LogP contribution in [-0.2, 0) is 6.42 Å². The van der Waals surface area contributed by atoms with Crippen LogP contribution in [0.15, 0.2) is 42.5 Å². The first-order valence-electron chi connectivity index (χ1n) is 5.53. The van der Waals surface area contributed by atoms with Gasteiger partial charge >= 0.3 is 0 Å². The maximum atomic E-state index is 13.0. The summed E-state index contributed by atoms with van der Waals surface area (Å²) in [5.74, 6) is -0.378. The molecule has 0 amide bonds. The van der Waals surface area contributed by atoms with Crippen LogP contribution in [0.5, 0.6) is 0 Å². The van der Waals surface area contributed by atoms with E-state index >= 15 is 0 Å². The molecule has 0 N–H and O–H groups in total. The molecule has 0 fully saturated rings. The Labute approximate surface area is 100 Å². The molecule has 1 nitrogen and oxygen atoms in total. The minimum atomic E-state index is -0.378. The number of hydrogen-bond acceptors (Lipinski definition) is 1. The highest BCUT2D eigenvalue weighted by Gasteiger charge is 2.06. The number of aryl methyl sites for hydroxylation is 1. The molecule has 0 bridgehead atoms. The van der Waals surface area contributed by atoms with Crippen LogP contribution >= 0.6 is 0 Å². The molecule has 17 heavy (non-hydrogen) atoms. The molecule has 2 aromatic rings. The van der Waals surface area contributed by atoms with Crippen molar-refractivity contribution in [3.8, 4) is 17.2 Å². The van der Waals surface area contributed by atoms with Gasteiger partial charge in [-0.05, 0) is 35.2 Å². The lowest BCUT2D eigenvalue weighted by Crippen LogP contribution is -1.88. The zero-order valence-electron chi connectivity index (χ0n) is 9.57. The first-order chi connectivity index (χ1) is 8.24. The van der Waals surface area contributed by atoms with Crippen LogP contribution in [-0.4, -0.2) is 0 Å². The van der Waals surface area contributed by atoms with Crippen LogP contribution in [0, 0.1) is 17.1 Å². The maximum absolute atomic E-state index is 13.0. The van der Waals surface area contributed by atoms with Gasteiger partial charge in [0.25, 0.3) is 0 Å². The zero-order valence-corrected chi connectivity index (χ0v) is 9.57. The quantitative estimate of drug-likeness (QED) is 0.759. The van der Waals surface area contributed by atoms with E-state index in [0.717, 1.165) is 17.5 Å². The van der Waals surface area contributed by atoms with Crippen LogP contribution in [0.1, 0.15) is 18.1 Å². The van der Waals surface area contributed by atoms with Crippen molar-refractivity contribution in [1.29, 1.82) is 5.26 Å². The first-order valence-corrected chi connectivity index (χ1v) is 5.53. The summed E-state index contributed by atoms with van der Waals surface area (Å²) in [6.45, 7) is 2.08. The van der Waals surface area contributed by atoms with Crippen molar-refractivity contribution in [3.63, 3.8) is 0 Å². The number of nitrogens with zero attached hydrogens (tertiary/aromatic N) is 1. The summed E-state index contributed by atoms with van der Waals surface area (Å²) >= 11 is 0. The third-order valence-corrected chi connectivity index (χ3v) is 2.75. The van der Waals surface area contributed by atoms with Gasteiger partial charge in [0.15, 0.2) is 0 Å². The Bertz CT molecular complexity index is 582. The molecule has 0 aliphatic heterocycles. The lowest BCUT2D eigenvalue weighted by Gasteiger charge is -2.06. The van der Waals surface area contributed by atoms with Crippen LogP contribution in [0.4, 0.5) is 4.39 Å². The molecular weight excluding hydrogens is 213 g/mol. The average molecular weight is 225 g/mol. The fraction of sp³-hybridized carbons (Fsp3) is 0.133. The number of nitriles is 1. The molecule has 84 valence electrons. The van der Waals surface area contributed by atoms with E-state index in [2.05, 4.69) is 6.92 Å². The molecule has 0 aliphatic rings. The number of benzene rings is 2. The number of halogens is 1. The molecule has 0 saturated carbocycles. The Morgan fingerprint density at radius 2 is 2.00 bits per heavy atom. The number of hydrogen-bond donors (Lipinski definition) is 0. The van der Waals surface area contributed by atoms with E-state index in [1.165, 1.54) is 17.7 Å². The molecule has 0 radical (unpaired) electrons. The third-order valence-electron chi connectivity index (χ3n) is 2.75. The first kappa shape index (κ1) is 11.3. The summed E-state index contributed by atoms with van der Waals surface area (Å²) in [7, 11) is 0. The SMILES string of the molecule is CCc1cccc(-c2ccc(F)cc2C#N)c1. The van der Waals surface area contributed by atoms with Crippen molar-refractivity contribution >= 4 is 0 Å². The minimum absolute atomic E-state index is 0.373. The predicted molar refractivity (Wildman–Crippen MR) is 65.9 cm³/mol. The van der Waals surface area contributed by atoms with Gasteiger partial charge in [-0.2, -0.15) is 5.26 Å². The lowest BCUT2D eigenvalue weighted by atomic mass is 9.98. The highest BCUT2D eigenvalue weighted by atomic mass is 19.1. The van der Waals surface area contributed by atoms with E-state index in [-0.39, 0.29) is 5.82 Å². The van der Waals surface area contributed by atoms with Crippen LogP contribution in [0.2, 0.25) is 0 Å². The van der Waals surface area contributed by atoms with Crippen molar-refractivity contribution in [1.82, 2.24) is 0 Å². The fourth-order valence-electron chi connectivity index (χ4n) is 1.82. The fourth-order valence-corrected chi connectivity index (χ4v) is 1.82. The molecule has 2 aromatic carbocycles. The Morgan fingerprint density at radius 1 is 1.18 bits per heavy atom. The van der Waals surface area contributed by atoms with Crippen LogP contribution in [0.3, 0.4) is 0 Å². The summed E-state index contributed by atoms with van der Waals surface area (Å²) in [4.78, 5) is 0. The maximum Gasteiger partial charge on any atom is 0.124 e. The summed E-state index contributed by atoms with van der Waals surface area (Å²) in [5.41, 5.74) is 3.32. The third kappa shape index (κ3) is 2.34. The highest BCUT2D eigenvalue weighted by molar-refractivity contribution is 5.70. The minimum Gasteiger partial charge on any atom is -0.207 e. The van der Waals surface area contributed by atoms with Gasteiger partial charge in [-0.3, -0.25) is 0 Å². The van der Waals surface area contributed by atoms with E-state index in [1.807, 2.05) is 30.3 Å². The molecule has 0 aliphatic carbocycles. The normalized spacial score (nSPS) is 9.94. The van der Waals surface area contributed by atoms with E-state index < -0.39 is 0 Å². The molecule has 0 saturated heterocycles. The van der Waals surface area contributed by atoms with Crippen LogP contribution < -0.4 is 0 Å². The van der Waals surface area contributed by atoms with Crippen molar-refractivity contribution in [2.75, 3.05) is 0 Å². The molecule has 2 heteroatoms. The molecule has 0 heterocycles. The summed E-state index contributed by atoms with van der Waals surface area (Å²) in [5, 5.41) is 9.01. The average Bonchev–Trinajstić information content (AvgIpc) is 2.38. The van der Waals surface area contributed by atoms with Gasteiger partial charge in [-0.25, -0.2) is 4.39 Å². The van der Waals surface area contributed by atoms with E-state index in [9.17, 15) is 4.39 Å². The Hall–Kier alpha value is -2.14. The summed E-state index contributed by atoms with van der Waals surface area (Å²) in [6, 6.07) is 14.3. The Kier molecular flexibility index (Phi) is 3.20. The Morgan fingerprint density at radius 3 is 2.71 bits per heavy atom. The molecule has 0 atom stereocenters. The molecular formula is C15H12FN. The van der Waals surface area contributed by atoms with Crippen molar-refractivity contribution in [2.24, 2.45) is 0 Å². The number of rotatable bonds is 2. The zero-order chi connectivity index (χ0) is 12.3. The summed E-state index contributed by atoms with van der Waals surface area (Å²) < 4.78 is 13.0. The van der Waals surface area contributed by atoms with E-state index in [4.69, 9.17) is 5.26 Å². The predicted octanol–water partition coefficient (Wildman–Crippen LogP) is 3.93. The topological polar surface area (TPSA) is 23.8 Å². The second kappa shape index (κ2) is 4.80. The van der Waals surface area contributed by atoms with Gasteiger partial charge in [-0.15, -0.1) is 0 Å². The molecule has 0 spiro atoms. The van der Waals surface area contributed by atoms with Gasteiger partial charge in [0, 0.05) is 0 Å². The Balaban J connectivity index is 2.56. The second-order valence-electron chi connectivity index (χ2n) is 3.86. The van der Waals surface area contributed by atoms with Gasteiger partial charge in [0.05, 0.1) is 11.6 Å². The van der Waals surface area contributed by atoms with Gasteiger partial charge in [0.2, 0.25) is 0 Å². The van der Waals surface area contributed by atoms with Crippen molar-refractivity contribution in [3.05, 3.63) is 59.4 Å². The van der Waals surface area contributed by atoms with Crippen molar-refractivity contribution < 1.29 is 4.39 Å². The van der Waals surface area contributed by atoms with E-state index in [1.54, 1.807) is 6.07 Å². The van der Waals surface area contributed by atoms with Crippen LogP contribution in [0.25, 0.3) is 11.1 Å². The monoisotopic (exact) mass is 225 g/mol. The second-order valence-corrected chi connectivity index (χ2v) is 3.86. The molecule has 2 rings (SSSR count). The van der Waals surface area contributed by atoms with Gasteiger partial charge in [0.1, 0.15) is 5.82 Å². The van der Waals surface area contributed by atoms with E-state index in [0.29, 0.717) is 5.56 Å². The van der Waals surface area contributed by atoms with Gasteiger partial charge in [-0.1, -0.05) is 37.3 Å². The molecule has 0 unspecified atom stereocenters. The smallest absolute Gasteiger partial charge is 0.124 e. The van der Waals surface area contributed by atoms with Crippen molar-refractivity contribution in [2.45, 2.75) is 13.3 Å². The summed E-state index contributed by atoms with van der Waals surface area (Å²) in [6.07, 6.45) is 0.941. The standard InChI is InChI=1S/C15H12FN/c1-2-11-4-3-5-12(8-11)15-7-6-14(16)9-13(15)10-17/h3-9H,2H2,1H3. The van der Waals surface area contributed by atoms with Gasteiger partial charge < -0.3 is 0 Å². The largest absolute Gasteiger partial charge is 0.207 e. The highest BCUT2D eigenvalue weighted by Crippen LogP contribution is 2.25.